The van der Waals surface area contributed by atoms with Crippen LogP contribution in [0.1, 0.15) is 11.1 Å². The molecule has 4 nitrogen and oxygen atoms in total. The Kier molecular flexibility index (Phi) is 3.65. The smallest absolute Gasteiger partial charge is 0.154 e. The SMILES string of the molecule is Cc1ccc(-c2cc(C)c(N3CCNCC3)nn2)cc1. The second-order valence-electron chi connectivity index (χ2n) is 5.34. The monoisotopic (exact) mass is 268 g/mol. The van der Waals surface area contributed by atoms with Gasteiger partial charge in [-0.25, -0.2) is 0 Å². The fourth-order valence-corrected chi connectivity index (χ4v) is 2.53. The van der Waals surface area contributed by atoms with E-state index in [1.165, 1.54) is 11.1 Å². The van der Waals surface area contributed by atoms with E-state index in [0.29, 0.717) is 0 Å². The molecule has 0 aliphatic carbocycles. The summed E-state index contributed by atoms with van der Waals surface area (Å²) in [6.45, 7) is 8.23. The molecule has 1 N–H and O–H groups in total. The number of hydrogen-bond acceptors (Lipinski definition) is 4. The van der Waals surface area contributed by atoms with Crippen LogP contribution in [0.4, 0.5) is 5.82 Å². The van der Waals surface area contributed by atoms with E-state index in [-0.39, 0.29) is 0 Å². The van der Waals surface area contributed by atoms with Crippen molar-refractivity contribution in [3.05, 3.63) is 41.5 Å². The van der Waals surface area contributed by atoms with Gasteiger partial charge in [0.2, 0.25) is 0 Å². The molecular weight excluding hydrogens is 248 g/mol. The minimum atomic E-state index is 0.946. The average molecular weight is 268 g/mol. The third-order valence-electron chi connectivity index (χ3n) is 3.72. The van der Waals surface area contributed by atoms with Crippen LogP contribution in [0, 0.1) is 13.8 Å². The fourth-order valence-electron chi connectivity index (χ4n) is 2.53. The standard InChI is InChI=1S/C16H20N4/c1-12-3-5-14(6-4-12)15-11-13(2)16(19-18-15)20-9-7-17-8-10-20/h3-6,11,17H,7-10H2,1-2H3. The maximum absolute atomic E-state index is 4.45. The molecule has 1 aromatic carbocycles. The maximum atomic E-state index is 4.45. The molecule has 1 aromatic heterocycles. The van der Waals surface area contributed by atoms with Crippen LogP contribution in [-0.2, 0) is 0 Å². The topological polar surface area (TPSA) is 41.0 Å². The van der Waals surface area contributed by atoms with Gasteiger partial charge in [0.25, 0.3) is 0 Å². The average Bonchev–Trinajstić information content (AvgIpc) is 2.49. The van der Waals surface area contributed by atoms with Gasteiger partial charge in [0.15, 0.2) is 5.82 Å². The van der Waals surface area contributed by atoms with Gasteiger partial charge in [-0.05, 0) is 25.5 Å². The highest BCUT2D eigenvalue weighted by molar-refractivity contribution is 5.62. The van der Waals surface area contributed by atoms with Crippen molar-refractivity contribution in [3.63, 3.8) is 0 Å². The molecule has 2 aromatic rings. The molecule has 4 heteroatoms. The van der Waals surface area contributed by atoms with Crippen LogP contribution in [0.25, 0.3) is 11.3 Å². The van der Waals surface area contributed by atoms with Crippen LogP contribution < -0.4 is 10.2 Å². The molecule has 0 unspecified atom stereocenters. The Morgan fingerprint density at radius 2 is 1.70 bits per heavy atom. The van der Waals surface area contributed by atoms with E-state index in [2.05, 4.69) is 64.6 Å². The fraction of sp³-hybridized carbons (Fsp3) is 0.375. The number of anilines is 1. The van der Waals surface area contributed by atoms with E-state index in [4.69, 9.17) is 0 Å². The van der Waals surface area contributed by atoms with Gasteiger partial charge in [0, 0.05) is 31.7 Å². The molecule has 0 bridgehead atoms. The van der Waals surface area contributed by atoms with Gasteiger partial charge < -0.3 is 10.2 Å². The molecule has 0 saturated carbocycles. The third-order valence-corrected chi connectivity index (χ3v) is 3.72. The molecule has 2 heterocycles. The van der Waals surface area contributed by atoms with E-state index >= 15 is 0 Å². The first-order chi connectivity index (χ1) is 9.74. The zero-order valence-electron chi connectivity index (χ0n) is 12.1. The van der Waals surface area contributed by atoms with Crippen LogP contribution in [0.3, 0.4) is 0 Å². The molecule has 0 spiro atoms. The highest BCUT2D eigenvalue weighted by Gasteiger charge is 2.15. The minimum Gasteiger partial charge on any atom is -0.352 e. The third kappa shape index (κ3) is 2.65. The predicted octanol–water partition coefficient (Wildman–Crippen LogP) is 2.17. The van der Waals surface area contributed by atoms with Crippen molar-refractivity contribution in [2.24, 2.45) is 0 Å². The molecule has 1 aliphatic rings. The van der Waals surface area contributed by atoms with E-state index in [1.807, 2.05) is 0 Å². The summed E-state index contributed by atoms with van der Waals surface area (Å²) in [5, 5.41) is 12.2. The van der Waals surface area contributed by atoms with Gasteiger partial charge in [-0.3, -0.25) is 0 Å². The Balaban J connectivity index is 1.88. The number of aromatic nitrogens is 2. The lowest BCUT2D eigenvalue weighted by Crippen LogP contribution is -2.44. The summed E-state index contributed by atoms with van der Waals surface area (Å²) in [7, 11) is 0. The Morgan fingerprint density at radius 1 is 1.00 bits per heavy atom. The van der Waals surface area contributed by atoms with Crippen molar-refractivity contribution in [2.45, 2.75) is 13.8 Å². The number of aryl methyl sites for hydroxylation is 2. The second-order valence-corrected chi connectivity index (χ2v) is 5.34. The lowest BCUT2D eigenvalue weighted by Gasteiger charge is -2.29. The molecule has 3 rings (SSSR count). The molecular formula is C16H20N4. The molecule has 1 aliphatic heterocycles. The molecule has 0 radical (unpaired) electrons. The van der Waals surface area contributed by atoms with E-state index in [0.717, 1.165) is 43.3 Å². The highest BCUT2D eigenvalue weighted by Crippen LogP contribution is 2.23. The zero-order chi connectivity index (χ0) is 13.9. The van der Waals surface area contributed by atoms with Crippen LogP contribution in [-0.4, -0.2) is 36.4 Å². The van der Waals surface area contributed by atoms with Gasteiger partial charge in [-0.15, -0.1) is 10.2 Å². The van der Waals surface area contributed by atoms with Crippen molar-refractivity contribution in [3.8, 4) is 11.3 Å². The lowest BCUT2D eigenvalue weighted by atomic mass is 10.1. The molecule has 1 saturated heterocycles. The summed E-state index contributed by atoms with van der Waals surface area (Å²) >= 11 is 0. The van der Waals surface area contributed by atoms with Gasteiger partial charge in [-0.2, -0.15) is 0 Å². The minimum absolute atomic E-state index is 0.946. The first-order valence-electron chi connectivity index (χ1n) is 7.11. The predicted molar refractivity (Wildman–Crippen MR) is 82.0 cm³/mol. The number of nitrogens with one attached hydrogen (secondary N) is 1. The maximum Gasteiger partial charge on any atom is 0.154 e. The Bertz CT molecular complexity index is 586. The number of rotatable bonds is 2. The van der Waals surface area contributed by atoms with Crippen molar-refractivity contribution in [1.29, 1.82) is 0 Å². The molecule has 20 heavy (non-hydrogen) atoms. The first-order valence-corrected chi connectivity index (χ1v) is 7.11. The van der Waals surface area contributed by atoms with Gasteiger partial charge >= 0.3 is 0 Å². The highest BCUT2D eigenvalue weighted by atomic mass is 15.3. The summed E-state index contributed by atoms with van der Waals surface area (Å²) in [6, 6.07) is 10.6. The molecule has 1 fully saturated rings. The van der Waals surface area contributed by atoms with Crippen LogP contribution >= 0.6 is 0 Å². The second kappa shape index (κ2) is 5.59. The van der Waals surface area contributed by atoms with E-state index in [9.17, 15) is 0 Å². The van der Waals surface area contributed by atoms with Crippen molar-refractivity contribution < 1.29 is 0 Å². The van der Waals surface area contributed by atoms with Crippen LogP contribution in [0.5, 0.6) is 0 Å². The zero-order valence-corrected chi connectivity index (χ0v) is 12.1. The van der Waals surface area contributed by atoms with Crippen molar-refractivity contribution >= 4 is 5.82 Å². The number of benzene rings is 1. The number of piperazine rings is 1. The quantitative estimate of drug-likeness (QED) is 0.906. The number of nitrogens with zero attached hydrogens (tertiary/aromatic N) is 3. The molecule has 0 amide bonds. The summed E-state index contributed by atoms with van der Waals surface area (Å²) in [4.78, 5) is 2.30. The largest absolute Gasteiger partial charge is 0.352 e. The number of hydrogen-bond donors (Lipinski definition) is 1. The first kappa shape index (κ1) is 13.1. The van der Waals surface area contributed by atoms with Crippen molar-refractivity contribution in [1.82, 2.24) is 15.5 Å². The summed E-state index contributed by atoms with van der Waals surface area (Å²) < 4.78 is 0. The van der Waals surface area contributed by atoms with Crippen LogP contribution in [0.15, 0.2) is 30.3 Å². The van der Waals surface area contributed by atoms with Crippen molar-refractivity contribution in [2.75, 3.05) is 31.1 Å². The summed E-state index contributed by atoms with van der Waals surface area (Å²) in [5.74, 6) is 1.02. The van der Waals surface area contributed by atoms with Gasteiger partial charge in [0.1, 0.15) is 0 Å². The Hall–Kier alpha value is -1.94. The van der Waals surface area contributed by atoms with Gasteiger partial charge in [-0.1, -0.05) is 29.8 Å². The van der Waals surface area contributed by atoms with Crippen LogP contribution in [0.2, 0.25) is 0 Å². The normalized spacial score (nSPS) is 15.4. The summed E-state index contributed by atoms with van der Waals surface area (Å²) in [5.41, 5.74) is 4.52. The Labute approximate surface area is 119 Å². The van der Waals surface area contributed by atoms with E-state index in [1.54, 1.807) is 0 Å². The van der Waals surface area contributed by atoms with Gasteiger partial charge in [0.05, 0.1) is 5.69 Å². The molecule has 0 atom stereocenters. The molecule has 104 valence electrons. The Morgan fingerprint density at radius 3 is 2.35 bits per heavy atom. The summed E-state index contributed by atoms with van der Waals surface area (Å²) in [6.07, 6.45) is 0. The lowest BCUT2D eigenvalue weighted by molar-refractivity contribution is 0.581. The van der Waals surface area contributed by atoms with E-state index < -0.39 is 0 Å².